The highest BCUT2D eigenvalue weighted by Crippen LogP contribution is 2.23. The molecule has 0 amide bonds. The molecule has 1 aromatic carbocycles. The zero-order valence-corrected chi connectivity index (χ0v) is 8.57. The van der Waals surface area contributed by atoms with E-state index in [0.717, 1.165) is 5.56 Å². The van der Waals surface area contributed by atoms with Gasteiger partial charge in [-0.2, -0.15) is 8.42 Å². The fraction of sp³-hybridized carbons (Fsp3) is 0.333. The Morgan fingerprint density at radius 3 is 1.77 bits per heavy atom. The average molecular weight is 201 g/mol. The van der Waals surface area contributed by atoms with E-state index in [1.165, 1.54) is 0 Å². The summed E-state index contributed by atoms with van der Waals surface area (Å²) in [6, 6.07) is 3.30. The monoisotopic (exact) mass is 201 g/mol. The lowest BCUT2D eigenvalue weighted by Crippen LogP contribution is -1.99. The van der Waals surface area contributed by atoms with Gasteiger partial charge in [-0.15, -0.1) is 3.89 Å². The Kier molecular flexibility index (Phi) is 2.43. The van der Waals surface area contributed by atoms with Gasteiger partial charge in [0.2, 0.25) is 0 Å². The molecule has 1 rings (SSSR count). The fourth-order valence-corrected chi connectivity index (χ4v) is 2.44. The largest absolute Gasteiger partial charge is 0.332 e. The van der Waals surface area contributed by atoms with Crippen molar-refractivity contribution in [3.63, 3.8) is 0 Å². The smallest absolute Gasteiger partial charge is 0.189 e. The van der Waals surface area contributed by atoms with Gasteiger partial charge in [-0.3, -0.25) is 0 Å². The molecule has 72 valence electrons. The van der Waals surface area contributed by atoms with Crippen molar-refractivity contribution in [2.45, 2.75) is 25.7 Å². The number of hydrogen-bond donors (Lipinski definition) is 0. The highest BCUT2D eigenvalue weighted by Gasteiger charge is 2.17. The normalized spacial score (nSPS) is 11.7. The van der Waals surface area contributed by atoms with Crippen LogP contribution in [0.25, 0.3) is 0 Å². The summed E-state index contributed by atoms with van der Waals surface area (Å²) in [4.78, 5) is -0.196. The fourth-order valence-electron chi connectivity index (χ4n) is 1.55. The summed E-state index contributed by atoms with van der Waals surface area (Å²) in [5.74, 6) is 0. The quantitative estimate of drug-likeness (QED) is 0.653. The van der Waals surface area contributed by atoms with E-state index in [0.29, 0.717) is 11.1 Å². The summed E-state index contributed by atoms with van der Waals surface area (Å²) in [6.07, 6.45) is 0. The molecule has 0 heterocycles. The molecule has 4 heteroatoms. The third kappa shape index (κ3) is 2.06. The van der Waals surface area contributed by atoms with Gasteiger partial charge in [-0.25, -0.2) is 0 Å². The molecule has 0 aliphatic rings. The van der Waals surface area contributed by atoms with Crippen molar-refractivity contribution in [2.24, 2.45) is 0 Å². The first-order valence-corrected chi connectivity index (χ1v) is 5.23. The highest BCUT2D eigenvalue weighted by atomic mass is 32.2. The van der Waals surface area contributed by atoms with E-state index < -0.39 is 10.2 Å². The Bertz CT molecular complexity index is 412. The van der Waals surface area contributed by atoms with Crippen molar-refractivity contribution in [1.82, 2.24) is 0 Å². The number of benzene rings is 1. The van der Waals surface area contributed by atoms with Crippen molar-refractivity contribution in [3.05, 3.63) is 28.8 Å². The second kappa shape index (κ2) is 3.10. The lowest BCUT2D eigenvalue weighted by atomic mass is 10.1. The summed E-state index contributed by atoms with van der Waals surface area (Å²) < 4.78 is 34.2. The van der Waals surface area contributed by atoms with Crippen molar-refractivity contribution in [2.75, 3.05) is 0 Å². The number of aryl methyl sites for hydroxylation is 3. The second-order valence-corrected chi connectivity index (χ2v) is 4.45. The Morgan fingerprint density at radius 2 is 1.46 bits per heavy atom. The molecule has 0 radical (unpaired) electrons. The molecule has 0 fully saturated rings. The van der Waals surface area contributed by atoms with Gasteiger partial charge in [-0.1, -0.05) is 17.7 Å². The van der Waals surface area contributed by atoms with Crippen LogP contribution in [0.5, 0.6) is 0 Å². The minimum atomic E-state index is -4.58. The minimum absolute atomic E-state index is 0.196. The predicted molar refractivity (Wildman–Crippen MR) is 48.9 cm³/mol. The standard InChI is InChI=1S/C9H11FO2S/c1-6-4-7(2)9(8(3)5-6)13(10,11)12/h4-5H,1-3H3/i10-1. The van der Waals surface area contributed by atoms with Crippen LogP contribution >= 0.6 is 0 Å². The molecule has 0 unspecified atom stereocenters. The topological polar surface area (TPSA) is 34.1 Å². The molecule has 0 aliphatic carbocycles. The molecular formula is C9H11FO2S. The van der Waals surface area contributed by atoms with E-state index in [9.17, 15) is 12.3 Å². The van der Waals surface area contributed by atoms with E-state index in [1.54, 1.807) is 26.0 Å². The molecule has 0 bridgehead atoms. The zero-order valence-electron chi connectivity index (χ0n) is 7.76. The zero-order chi connectivity index (χ0) is 10.2. The van der Waals surface area contributed by atoms with E-state index in [4.69, 9.17) is 0 Å². The van der Waals surface area contributed by atoms with Crippen molar-refractivity contribution in [3.8, 4) is 0 Å². The van der Waals surface area contributed by atoms with Crippen LogP contribution in [0.2, 0.25) is 0 Å². The maximum Gasteiger partial charge on any atom is 0.332 e. The third-order valence-corrected chi connectivity index (χ3v) is 2.98. The van der Waals surface area contributed by atoms with Crippen molar-refractivity contribution >= 4 is 10.2 Å². The molecule has 0 aromatic heterocycles. The van der Waals surface area contributed by atoms with Gasteiger partial charge in [0.25, 0.3) is 0 Å². The Balaban J connectivity index is 3.57. The molecule has 0 N–H and O–H groups in total. The lowest BCUT2D eigenvalue weighted by Gasteiger charge is -2.06. The van der Waals surface area contributed by atoms with Gasteiger partial charge < -0.3 is 0 Å². The SMILES string of the molecule is Cc1cc(C)c(S(=O)(=O)[18F])c(C)c1. The summed E-state index contributed by atoms with van der Waals surface area (Å²) in [5, 5.41) is 0. The van der Waals surface area contributed by atoms with Gasteiger partial charge in [0, 0.05) is 0 Å². The van der Waals surface area contributed by atoms with Gasteiger partial charge in [0.15, 0.2) is 0 Å². The van der Waals surface area contributed by atoms with E-state index >= 15 is 0 Å². The summed E-state index contributed by atoms with van der Waals surface area (Å²) in [6.45, 7) is 5.02. The van der Waals surface area contributed by atoms with Crippen LogP contribution < -0.4 is 0 Å². The van der Waals surface area contributed by atoms with Crippen LogP contribution in [0.3, 0.4) is 0 Å². The van der Waals surface area contributed by atoms with Crippen molar-refractivity contribution in [1.29, 1.82) is 0 Å². The van der Waals surface area contributed by atoms with E-state index in [1.807, 2.05) is 6.92 Å². The van der Waals surface area contributed by atoms with Crippen LogP contribution in [-0.2, 0) is 10.2 Å². The van der Waals surface area contributed by atoms with Gasteiger partial charge in [0.05, 0.1) is 0 Å². The molecule has 1 aromatic rings. The van der Waals surface area contributed by atoms with Gasteiger partial charge in [-0.05, 0) is 31.9 Å². The summed E-state index contributed by atoms with van der Waals surface area (Å²) in [7, 11) is -4.58. The van der Waals surface area contributed by atoms with Crippen molar-refractivity contribution < 1.29 is 12.3 Å². The Labute approximate surface area is 77.6 Å². The first-order chi connectivity index (χ1) is 5.82. The van der Waals surface area contributed by atoms with E-state index in [-0.39, 0.29) is 4.90 Å². The third-order valence-electron chi connectivity index (χ3n) is 1.85. The average Bonchev–Trinajstić information content (AvgIpc) is 1.78. The Hall–Kier alpha value is -0.900. The molecular weight excluding hydrogens is 190 g/mol. The maximum absolute atomic E-state index is 12.7. The molecule has 0 aliphatic heterocycles. The number of hydrogen-bond acceptors (Lipinski definition) is 2. The molecule has 2 nitrogen and oxygen atoms in total. The number of rotatable bonds is 1. The Morgan fingerprint density at radius 1 is 1.08 bits per heavy atom. The number of halogens is 1. The molecule has 0 saturated carbocycles. The first kappa shape index (κ1) is 10.2. The molecule has 13 heavy (non-hydrogen) atoms. The lowest BCUT2D eigenvalue weighted by molar-refractivity contribution is 0.550. The maximum atomic E-state index is 12.7. The van der Waals surface area contributed by atoms with Crippen LogP contribution in [0.1, 0.15) is 16.7 Å². The summed E-state index contributed by atoms with van der Waals surface area (Å²) in [5.41, 5.74) is 1.85. The minimum Gasteiger partial charge on any atom is -0.189 e. The molecule has 0 atom stereocenters. The van der Waals surface area contributed by atoms with Crippen LogP contribution in [-0.4, -0.2) is 8.42 Å². The second-order valence-electron chi connectivity index (χ2n) is 3.17. The predicted octanol–water partition coefficient (Wildman–Crippen LogP) is 2.27. The van der Waals surface area contributed by atoms with Crippen LogP contribution in [0.15, 0.2) is 17.0 Å². The van der Waals surface area contributed by atoms with Gasteiger partial charge >= 0.3 is 10.2 Å². The van der Waals surface area contributed by atoms with Crippen LogP contribution in [0.4, 0.5) is 3.89 Å². The highest BCUT2D eigenvalue weighted by molar-refractivity contribution is 7.86. The molecule has 0 saturated heterocycles. The van der Waals surface area contributed by atoms with Crippen LogP contribution in [0, 0.1) is 20.8 Å². The van der Waals surface area contributed by atoms with Gasteiger partial charge in [0.1, 0.15) is 4.90 Å². The summed E-state index contributed by atoms with van der Waals surface area (Å²) >= 11 is 0. The molecule has 0 spiro atoms. The van der Waals surface area contributed by atoms with E-state index in [2.05, 4.69) is 0 Å². The first-order valence-electron chi connectivity index (χ1n) is 3.85.